The Bertz CT molecular complexity index is 1220. The van der Waals surface area contributed by atoms with Gasteiger partial charge in [0.25, 0.3) is 0 Å². The SMILES string of the molecule is CCCc1ccc(C2c3[nH]c4ccc(Cl)cc4c3CCN2C(=O)O[C@H]2C[C@@H](C)CC[C@@H]2C(C)C)cc1. The smallest absolute Gasteiger partial charge is 0.410 e. The number of ether oxygens (including phenoxy) is 1. The third-order valence-electron chi connectivity index (χ3n) is 8.37. The summed E-state index contributed by atoms with van der Waals surface area (Å²) in [5.74, 6) is 1.52. The van der Waals surface area contributed by atoms with E-state index in [2.05, 4.69) is 56.9 Å². The first-order chi connectivity index (χ1) is 17.4. The zero-order valence-electron chi connectivity index (χ0n) is 22.0. The molecular formula is C31H39ClN2O2. The Morgan fingerprint density at radius 2 is 1.94 bits per heavy atom. The van der Waals surface area contributed by atoms with Gasteiger partial charge in [-0.05, 0) is 78.3 Å². The summed E-state index contributed by atoms with van der Waals surface area (Å²) in [5, 5.41) is 1.89. The number of H-pyrrole nitrogens is 1. The maximum Gasteiger partial charge on any atom is 0.410 e. The highest BCUT2D eigenvalue weighted by atomic mass is 35.5. The predicted octanol–water partition coefficient (Wildman–Crippen LogP) is 8.32. The molecule has 3 aromatic rings. The molecule has 0 saturated heterocycles. The first kappa shape index (κ1) is 25.2. The number of rotatable bonds is 5. The number of aromatic amines is 1. The number of hydrogen-bond donors (Lipinski definition) is 1. The topological polar surface area (TPSA) is 45.3 Å². The molecule has 2 aliphatic rings. The highest BCUT2D eigenvalue weighted by Gasteiger charge is 2.39. The van der Waals surface area contributed by atoms with Crippen molar-refractivity contribution in [1.29, 1.82) is 0 Å². The summed E-state index contributed by atoms with van der Waals surface area (Å²) in [4.78, 5) is 19.4. The van der Waals surface area contributed by atoms with Crippen molar-refractivity contribution in [2.45, 2.75) is 78.4 Å². The second kappa shape index (κ2) is 10.5. The van der Waals surface area contributed by atoms with Crippen molar-refractivity contribution >= 4 is 28.6 Å². The van der Waals surface area contributed by atoms with Crippen LogP contribution in [0.5, 0.6) is 0 Å². The van der Waals surface area contributed by atoms with E-state index in [1.165, 1.54) is 17.5 Å². The number of amides is 1. The molecule has 0 spiro atoms. The molecule has 192 valence electrons. The first-order valence-electron chi connectivity index (χ1n) is 13.7. The number of nitrogens with one attached hydrogen (secondary N) is 1. The fourth-order valence-corrected chi connectivity index (χ4v) is 6.58. The zero-order valence-corrected chi connectivity index (χ0v) is 22.8. The molecular weight excluding hydrogens is 468 g/mol. The number of aryl methyl sites for hydroxylation is 1. The van der Waals surface area contributed by atoms with Gasteiger partial charge in [0.1, 0.15) is 12.1 Å². The van der Waals surface area contributed by atoms with Crippen LogP contribution in [0.1, 0.15) is 81.8 Å². The third-order valence-corrected chi connectivity index (χ3v) is 8.61. The summed E-state index contributed by atoms with van der Waals surface area (Å²) >= 11 is 6.36. The quantitative estimate of drug-likeness (QED) is 0.378. The van der Waals surface area contributed by atoms with Crippen LogP contribution in [-0.4, -0.2) is 28.6 Å². The van der Waals surface area contributed by atoms with Gasteiger partial charge < -0.3 is 9.72 Å². The number of aromatic nitrogens is 1. The summed E-state index contributed by atoms with van der Waals surface area (Å²) in [7, 11) is 0. The summed E-state index contributed by atoms with van der Waals surface area (Å²) in [6.45, 7) is 9.61. The van der Waals surface area contributed by atoms with Crippen LogP contribution in [0.15, 0.2) is 42.5 Å². The van der Waals surface area contributed by atoms with Gasteiger partial charge in [0.15, 0.2) is 0 Å². The first-order valence-corrected chi connectivity index (χ1v) is 14.1. The highest BCUT2D eigenvalue weighted by Crippen LogP contribution is 2.41. The normalized spacial score (nSPS) is 24.2. The van der Waals surface area contributed by atoms with Crippen LogP contribution in [0.25, 0.3) is 10.9 Å². The molecule has 1 fully saturated rings. The second-order valence-electron chi connectivity index (χ2n) is 11.3. The van der Waals surface area contributed by atoms with Crippen LogP contribution >= 0.6 is 11.6 Å². The Balaban J connectivity index is 1.51. The molecule has 1 aliphatic carbocycles. The second-order valence-corrected chi connectivity index (χ2v) is 11.7. The number of halogens is 1. The van der Waals surface area contributed by atoms with E-state index in [1.807, 2.05) is 23.1 Å². The largest absolute Gasteiger partial charge is 0.446 e. The molecule has 5 heteroatoms. The van der Waals surface area contributed by atoms with E-state index < -0.39 is 0 Å². The van der Waals surface area contributed by atoms with Crippen LogP contribution in [0.2, 0.25) is 5.02 Å². The molecule has 1 unspecified atom stereocenters. The van der Waals surface area contributed by atoms with Crippen molar-refractivity contribution < 1.29 is 9.53 Å². The van der Waals surface area contributed by atoms with Crippen molar-refractivity contribution in [3.8, 4) is 0 Å². The zero-order chi connectivity index (χ0) is 25.4. The third kappa shape index (κ3) is 4.89. The molecule has 4 nitrogen and oxygen atoms in total. The number of hydrogen-bond acceptors (Lipinski definition) is 2. The van der Waals surface area contributed by atoms with Gasteiger partial charge in [0.05, 0.1) is 0 Å². The van der Waals surface area contributed by atoms with E-state index in [4.69, 9.17) is 16.3 Å². The molecule has 1 aliphatic heterocycles. The van der Waals surface area contributed by atoms with E-state index in [9.17, 15) is 4.79 Å². The van der Waals surface area contributed by atoms with Gasteiger partial charge in [-0.3, -0.25) is 4.90 Å². The van der Waals surface area contributed by atoms with Crippen molar-refractivity contribution in [1.82, 2.24) is 9.88 Å². The predicted molar refractivity (Wildman–Crippen MR) is 148 cm³/mol. The molecule has 2 aromatic carbocycles. The van der Waals surface area contributed by atoms with E-state index >= 15 is 0 Å². The lowest BCUT2D eigenvalue weighted by molar-refractivity contribution is -0.0147. The standard InChI is InChI=1S/C31H39ClN2O2/c1-5-6-21-8-10-22(11-9-21)30-29-25(26-18-23(32)12-14-27(26)33-29)15-16-34(30)31(35)36-28-17-20(4)7-13-24(28)19(2)3/h8-12,14,18-20,24,28,30,33H,5-7,13,15-17H2,1-4H3/t20-,24+,28-,30?/m0/s1. The highest BCUT2D eigenvalue weighted by molar-refractivity contribution is 6.31. The Kier molecular flexibility index (Phi) is 7.35. The lowest BCUT2D eigenvalue weighted by Crippen LogP contribution is -2.44. The Morgan fingerprint density at radius 1 is 1.17 bits per heavy atom. The number of nitrogens with zero attached hydrogens (tertiary/aromatic N) is 1. The maximum absolute atomic E-state index is 13.8. The van der Waals surface area contributed by atoms with Gasteiger partial charge in [0, 0.05) is 28.2 Å². The summed E-state index contributed by atoms with van der Waals surface area (Å²) in [5.41, 5.74) is 5.84. The van der Waals surface area contributed by atoms with Gasteiger partial charge in [-0.25, -0.2) is 4.79 Å². The van der Waals surface area contributed by atoms with Crippen molar-refractivity contribution in [3.05, 3.63) is 69.9 Å². The molecule has 1 saturated carbocycles. The van der Waals surface area contributed by atoms with Crippen LogP contribution in [-0.2, 0) is 17.6 Å². The molecule has 4 atom stereocenters. The minimum absolute atomic E-state index is 0.0169. The van der Waals surface area contributed by atoms with E-state index in [-0.39, 0.29) is 18.2 Å². The van der Waals surface area contributed by atoms with Crippen molar-refractivity contribution in [2.75, 3.05) is 6.54 Å². The molecule has 5 rings (SSSR count). The van der Waals surface area contributed by atoms with Gasteiger partial charge in [-0.15, -0.1) is 0 Å². The van der Waals surface area contributed by atoms with Gasteiger partial charge in [0.2, 0.25) is 0 Å². The van der Waals surface area contributed by atoms with Gasteiger partial charge >= 0.3 is 6.09 Å². The van der Waals surface area contributed by atoms with E-state index in [1.54, 1.807) is 0 Å². The summed E-state index contributed by atoms with van der Waals surface area (Å²) in [6, 6.07) is 14.6. The monoisotopic (exact) mass is 506 g/mol. The Labute approximate surface area is 220 Å². The van der Waals surface area contributed by atoms with Gasteiger partial charge in [-0.2, -0.15) is 0 Å². The number of carbonyl (C=O) groups excluding carboxylic acids is 1. The minimum atomic E-state index is -0.207. The average molecular weight is 507 g/mol. The Morgan fingerprint density at radius 3 is 2.67 bits per heavy atom. The van der Waals surface area contributed by atoms with E-state index in [0.717, 1.165) is 59.3 Å². The summed E-state index contributed by atoms with van der Waals surface area (Å²) in [6.07, 6.45) is 6.05. The number of carbonyl (C=O) groups is 1. The molecule has 1 amide bonds. The number of fused-ring (bicyclic) bond motifs is 3. The fourth-order valence-electron chi connectivity index (χ4n) is 6.41. The van der Waals surface area contributed by atoms with Crippen molar-refractivity contribution in [3.63, 3.8) is 0 Å². The van der Waals surface area contributed by atoms with E-state index in [0.29, 0.717) is 24.3 Å². The van der Waals surface area contributed by atoms with Crippen molar-refractivity contribution in [2.24, 2.45) is 17.8 Å². The molecule has 0 radical (unpaired) electrons. The number of benzene rings is 2. The minimum Gasteiger partial charge on any atom is -0.446 e. The Hall–Kier alpha value is -2.46. The molecule has 0 bridgehead atoms. The van der Waals surface area contributed by atoms with Crippen LogP contribution in [0, 0.1) is 17.8 Å². The maximum atomic E-state index is 13.8. The van der Waals surface area contributed by atoms with Crippen LogP contribution < -0.4 is 0 Å². The molecule has 36 heavy (non-hydrogen) atoms. The van der Waals surface area contributed by atoms with Crippen LogP contribution in [0.3, 0.4) is 0 Å². The van der Waals surface area contributed by atoms with Gasteiger partial charge in [-0.1, -0.05) is 76.4 Å². The average Bonchev–Trinajstić information content (AvgIpc) is 3.22. The molecule has 2 heterocycles. The lowest BCUT2D eigenvalue weighted by atomic mass is 9.75. The van der Waals surface area contributed by atoms with Crippen LogP contribution in [0.4, 0.5) is 4.79 Å². The summed E-state index contributed by atoms with van der Waals surface area (Å²) < 4.78 is 6.35. The molecule has 1 aromatic heterocycles. The fraction of sp³-hybridized carbons (Fsp3) is 0.516. The lowest BCUT2D eigenvalue weighted by Gasteiger charge is -2.40. The molecule has 1 N–H and O–H groups in total.